The van der Waals surface area contributed by atoms with E-state index in [-0.39, 0.29) is 11.9 Å². The molecule has 2 aromatic rings. The normalized spacial score (nSPS) is 22.1. The van der Waals surface area contributed by atoms with Gasteiger partial charge in [-0.15, -0.1) is 0 Å². The molecule has 0 N–H and O–H groups in total. The van der Waals surface area contributed by atoms with E-state index in [9.17, 15) is 4.79 Å². The number of anilines is 1. The minimum atomic E-state index is 0.0909. The maximum absolute atomic E-state index is 12.4. The molecule has 2 fully saturated rings. The van der Waals surface area contributed by atoms with Crippen molar-refractivity contribution in [1.29, 1.82) is 0 Å². The Hall–Kier alpha value is -2.34. The molecule has 1 aromatic heterocycles. The zero-order chi connectivity index (χ0) is 20.7. The second-order valence-electron chi connectivity index (χ2n) is 9.02. The number of benzene rings is 1. The summed E-state index contributed by atoms with van der Waals surface area (Å²) >= 11 is 0. The molecule has 1 aliphatic carbocycles. The third-order valence-electron chi connectivity index (χ3n) is 6.73. The Morgan fingerprint density at radius 1 is 1.20 bits per heavy atom. The molecule has 30 heavy (non-hydrogen) atoms. The molecule has 2 aliphatic heterocycles. The maximum Gasteiger partial charge on any atom is 0.224 e. The average molecular weight is 410 g/mol. The lowest BCUT2D eigenvalue weighted by atomic mass is 9.92. The van der Waals surface area contributed by atoms with Crippen LogP contribution < -0.4 is 9.64 Å². The molecule has 1 atom stereocenters. The van der Waals surface area contributed by atoms with Gasteiger partial charge in [-0.25, -0.2) is 0 Å². The molecule has 5 rings (SSSR count). The van der Waals surface area contributed by atoms with Crippen LogP contribution in [0.15, 0.2) is 24.5 Å². The quantitative estimate of drug-likeness (QED) is 0.735. The van der Waals surface area contributed by atoms with Gasteiger partial charge in [0, 0.05) is 49.1 Å². The molecule has 1 amide bonds. The van der Waals surface area contributed by atoms with Crippen molar-refractivity contribution in [1.82, 2.24) is 9.78 Å². The van der Waals surface area contributed by atoms with Gasteiger partial charge in [0.25, 0.3) is 0 Å². The molecule has 0 spiro atoms. The first kappa shape index (κ1) is 19.6. The van der Waals surface area contributed by atoms with Gasteiger partial charge >= 0.3 is 0 Å². The van der Waals surface area contributed by atoms with E-state index in [0.717, 1.165) is 67.0 Å². The van der Waals surface area contributed by atoms with Gasteiger partial charge in [0.1, 0.15) is 5.75 Å². The van der Waals surface area contributed by atoms with Crippen LogP contribution in [0.4, 0.5) is 5.69 Å². The molecule has 6 heteroatoms. The van der Waals surface area contributed by atoms with Crippen LogP contribution in [0.5, 0.6) is 5.75 Å². The molecule has 3 heterocycles. The van der Waals surface area contributed by atoms with E-state index in [1.54, 1.807) is 6.92 Å². The number of hydrogen-bond donors (Lipinski definition) is 0. The molecule has 160 valence electrons. The molecule has 1 aromatic carbocycles. The number of nitrogens with zero attached hydrogens (tertiary/aromatic N) is 3. The number of fused-ring (bicyclic) bond motifs is 1. The summed E-state index contributed by atoms with van der Waals surface area (Å²) in [5, 5.41) is 4.59. The number of carbonyl (C=O) groups is 1. The number of rotatable bonds is 5. The lowest BCUT2D eigenvalue weighted by molar-refractivity contribution is -0.117. The highest BCUT2D eigenvalue weighted by Crippen LogP contribution is 2.44. The van der Waals surface area contributed by atoms with Gasteiger partial charge in [-0.05, 0) is 63.5 Å². The summed E-state index contributed by atoms with van der Waals surface area (Å²) in [6, 6.07) is 4.97. The van der Waals surface area contributed by atoms with E-state index in [2.05, 4.69) is 35.0 Å². The van der Waals surface area contributed by atoms with E-state index in [0.29, 0.717) is 18.6 Å². The predicted octanol–water partition coefficient (Wildman–Crippen LogP) is 4.38. The Labute approximate surface area is 178 Å². The van der Waals surface area contributed by atoms with Crippen molar-refractivity contribution >= 4 is 11.6 Å². The fourth-order valence-electron chi connectivity index (χ4n) is 4.81. The zero-order valence-corrected chi connectivity index (χ0v) is 18.0. The third-order valence-corrected chi connectivity index (χ3v) is 6.73. The van der Waals surface area contributed by atoms with Crippen LogP contribution in [-0.2, 0) is 16.0 Å². The third kappa shape index (κ3) is 3.73. The molecule has 1 saturated carbocycles. The number of aromatic nitrogens is 2. The molecule has 1 saturated heterocycles. The van der Waals surface area contributed by atoms with Crippen LogP contribution in [0.25, 0.3) is 11.1 Å². The highest BCUT2D eigenvalue weighted by molar-refractivity contribution is 5.95. The standard InChI is InChI=1S/C24H31N3O3/c1-16-3-6-22-23(27(16)17(2)28)8-7-21(19-13-25-26(14-19)20-4-5-20)24(22)30-15-18-9-11-29-12-10-18/h7-8,13-14,16,18,20H,3-6,9-12,15H2,1-2H3. The van der Waals surface area contributed by atoms with Crippen molar-refractivity contribution in [2.24, 2.45) is 5.92 Å². The highest BCUT2D eigenvalue weighted by Gasteiger charge is 2.31. The Balaban J connectivity index is 1.52. The predicted molar refractivity (Wildman–Crippen MR) is 116 cm³/mol. The van der Waals surface area contributed by atoms with Crippen molar-refractivity contribution in [3.63, 3.8) is 0 Å². The summed E-state index contributed by atoms with van der Waals surface area (Å²) in [6.45, 7) is 6.11. The fourth-order valence-corrected chi connectivity index (χ4v) is 4.81. The SMILES string of the molecule is CC(=O)N1c2ccc(-c3cnn(C4CC4)c3)c(OCC3CCOCC3)c2CCC1C. The summed E-state index contributed by atoms with van der Waals surface area (Å²) in [4.78, 5) is 14.3. The van der Waals surface area contributed by atoms with Gasteiger partial charge in [0.2, 0.25) is 5.91 Å². The van der Waals surface area contributed by atoms with Crippen molar-refractivity contribution in [3.05, 3.63) is 30.1 Å². The zero-order valence-electron chi connectivity index (χ0n) is 18.0. The number of hydrogen-bond acceptors (Lipinski definition) is 4. The minimum absolute atomic E-state index is 0.0909. The van der Waals surface area contributed by atoms with E-state index in [4.69, 9.17) is 9.47 Å². The van der Waals surface area contributed by atoms with Crippen LogP contribution in [0.1, 0.15) is 57.6 Å². The first-order chi connectivity index (χ1) is 14.6. The molecule has 3 aliphatic rings. The number of ether oxygens (including phenoxy) is 2. The van der Waals surface area contributed by atoms with Crippen LogP contribution >= 0.6 is 0 Å². The summed E-state index contributed by atoms with van der Waals surface area (Å²) in [6.07, 6.45) is 10.5. The Morgan fingerprint density at radius 3 is 2.73 bits per heavy atom. The van der Waals surface area contributed by atoms with Gasteiger partial charge in [-0.1, -0.05) is 0 Å². The van der Waals surface area contributed by atoms with Gasteiger partial charge in [-0.2, -0.15) is 5.10 Å². The Bertz CT molecular complexity index is 928. The van der Waals surface area contributed by atoms with Gasteiger partial charge in [0.05, 0.1) is 24.5 Å². The Morgan fingerprint density at radius 2 is 2.00 bits per heavy atom. The van der Waals surface area contributed by atoms with E-state index in [1.165, 1.54) is 12.8 Å². The second-order valence-corrected chi connectivity index (χ2v) is 9.02. The van der Waals surface area contributed by atoms with Crippen molar-refractivity contribution in [2.45, 2.75) is 64.5 Å². The molecule has 1 unspecified atom stereocenters. The van der Waals surface area contributed by atoms with Crippen molar-refractivity contribution < 1.29 is 14.3 Å². The molecular formula is C24H31N3O3. The second kappa shape index (κ2) is 8.06. The smallest absolute Gasteiger partial charge is 0.224 e. The first-order valence-corrected chi connectivity index (χ1v) is 11.3. The summed E-state index contributed by atoms with van der Waals surface area (Å²) in [7, 11) is 0. The van der Waals surface area contributed by atoms with E-state index < -0.39 is 0 Å². The molecule has 6 nitrogen and oxygen atoms in total. The fraction of sp³-hybridized carbons (Fsp3) is 0.583. The van der Waals surface area contributed by atoms with Gasteiger partial charge in [0.15, 0.2) is 0 Å². The average Bonchev–Trinajstić information content (AvgIpc) is 3.49. The monoisotopic (exact) mass is 409 g/mol. The summed E-state index contributed by atoms with van der Waals surface area (Å²) in [5.74, 6) is 1.55. The summed E-state index contributed by atoms with van der Waals surface area (Å²) < 4.78 is 14.1. The van der Waals surface area contributed by atoms with Crippen LogP contribution in [0.2, 0.25) is 0 Å². The van der Waals surface area contributed by atoms with Crippen LogP contribution in [0.3, 0.4) is 0 Å². The highest BCUT2D eigenvalue weighted by atomic mass is 16.5. The van der Waals surface area contributed by atoms with Crippen molar-refractivity contribution in [3.8, 4) is 16.9 Å². The molecular weight excluding hydrogens is 378 g/mol. The Kier molecular flexibility index (Phi) is 5.27. The van der Waals surface area contributed by atoms with Gasteiger partial charge in [-0.3, -0.25) is 9.48 Å². The first-order valence-electron chi connectivity index (χ1n) is 11.3. The van der Waals surface area contributed by atoms with Gasteiger partial charge < -0.3 is 14.4 Å². The lowest BCUT2D eigenvalue weighted by Gasteiger charge is -2.36. The van der Waals surface area contributed by atoms with E-state index >= 15 is 0 Å². The van der Waals surface area contributed by atoms with Crippen molar-refractivity contribution in [2.75, 3.05) is 24.7 Å². The molecule has 0 bridgehead atoms. The molecule has 0 radical (unpaired) electrons. The largest absolute Gasteiger partial charge is 0.492 e. The maximum atomic E-state index is 12.4. The van der Waals surface area contributed by atoms with Crippen LogP contribution in [-0.4, -0.2) is 41.6 Å². The lowest BCUT2D eigenvalue weighted by Crippen LogP contribution is -2.40. The number of amides is 1. The number of carbonyl (C=O) groups excluding carboxylic acids is 1. The van der Waals surface area contributed by atoms with E-state index in [1.807, 2.05) is 11.1 Å². The topological polar surface area (TPSA) is 56.6 Å². The minimum Gasteiger partial charge on any atom is -0.492 e. The van der Waals surface area contributed by atoms with Crippen LogP contribution in [0, 0.1) is 5.92 Å². The summed E-state index contributed by atoms with van der Waals surface area (Å²) in [5.41, 5.74) is 4.35.